The standard InChI is InChI=1S/C14H19N5O2/c1-10-12(7-15-14-16-9-17-19(10)14)13(21)18-5-2-3-11(8-18)4-6-20/h7,9,11,20H,2-6,8H2,1H3. The Morgan fingerprint density at radius 1 is 1.48 bits per heavy atom. The maximum atomic E-state index is 12.7. The summed E-state index contributed by atoms with van der Waals surface area (Å²) < 4.78 is 1.59. The molecule has 3 rings (SSSR count). The first-order valence-electron chi connectivity index (χ1n) is 7.26. The summed E-state index contributed by atoms with van der Waals surface area (Å²) in [4.78, 5) is 22.7. The van der Waals surface area contributed by atoms with Crippen molar-refractivity contribution in [2.24, 2.45) is 5.92 Å². The van der Waals surface area contributed by atoms with Crippen LogP contribution in [0.25, 0.3) is 5.78 Å². The van der Waals surface area contributed by atoms with Gasteiger partial charge in [0.1, 0.15) is 6.33 Å². The molecule has 7 nitrogen and oxygen atoms in total. The fourth-order valence-corrected chi connectivity index (χ4v) is 2.94. The molecule has 0 saturated carbocycles. The van der Waals surface area contributed by atoms with Crippen LogP contribution in [0.4, 0.5) is 0 Å². The van der Waals surface area contributed by atoms with Crippen molar-refractivity contribution in [2.45, 2.75) is 26.2 Å². The Morgan fingerprint density at radius 2 is 2.33 bits per heavy atom. The molecule has 0 radical (unpaired) electrons. The zero-order valence-corrected chi connectivity index (χ0v) is 12.1. The molecule has 0 aliphatic carbocycles. The quantitative estimate of drug-likeness (QED) is 0.897. The van der Waals surface area contributed by atoms with Gasteiger partial charge in [-0.3, -0.25) is 4.79 Å². The Bertz CT molecular complexity index is 652. The van der Waals surface area contributed by atoms with Gasteiger partial charge < -0.3 is 10.0 Å². The molecule has 1 N–H and O–H groups in total. The number of nitrogens with zero attached hydrogens (tertiary/aromatic N) is 5. The van der Waals surface area contributed by atoms with Crippen LogP contribution in [0.3, 0.4) is 0 Å². The van der Waals surface area contributed by atoms with Crippen LogP contribution in [0.1, 0.15) is 35.3 Å². The minimum Gasteiger partial charge on any atom is -0.396 e. The van der Waals surface area contributed by atoms with Gasteiger partial charge in [-0.1, -0.05) is 0 Å². The zero-order chi connectivity index (χ0) is 14.8. The normalized spacial score (nSPS) is 19.1. The van der Waals surface area contributed by atoms with Crippen molar-refractivity contribution in [3.05, 3.63) is 23.8 Å². The summed E-state index contributed by atoms with van der Waals surface area (Å²) in [6.07, 6.45) is 5.82. The lowest BCUT2D eigenvalue weighted by Gasteiger charge is -2.32. The number of hydrogen-bond donors (Lipinski definition) is 1. The Morgan fingerprint density at radius 3 is 3.14 bits per heavy atom. The number of fused-ring (bicyclic) bond motifs is 1. The predicted octanol–water partition coefficient (Wildman–Crippen LogP) is 0.667. The van der Waals surface area contributed by atoms with Gasteiger partial charge >= 0.3 is 0 Å². The SMILES string of the molecule is Cc1c(C(=O)N2CCCC(CCO)C2)cnc2ncnn12. The molecule has 112 valence electrons. The highest BCUT2D eigenvalue weighted by Crippen LogP contribution is 2.21. The number of carbonyl (C=O) groups is 1. The highest BCUT2D eigenvalue weighted by atomic mass is 16.3. The highest BCUT2D eigenvalue weighted by Gasteiger charge is 2.26. The second-order valence-electron chi connectivity index (χ2n) is 5.50. The van der Waals surface area contributed by atoms with Gasteiger partial charge in [-0.05, 0) is 32.1 Å². The van der Waals surface area contributed by atoms with Crippen molar-refractivity contribution in [3.63, 3.8) is 0 Å². The van der Waals surface area contributed by atoms with E-state index in [4.69, 9.17) is 5.11 Å². The van der Waals surface area contributed by atoms with Gasteiger partial charge in [0.2, 0.25) is 0 Å². The number of rotatable bonds is 3. The van der Waals surface area contributed by atoms with Gasteiger partial charge in [-0.25, -0.2) is 9.50 Å². The third kappa shape index (κ3) is 2.61. The monoisotopic (exact) mass is 289 g/mol. The van der Waals surface area contributed by atoms with Gasteiger partial charge in [0.15, 0.2) is 0 Å². The van der Waals surface area contributed by atoms with E-state index in [1.54, 1.807) is 10.7 Å². The Hall–Kier alpha value is -2.02. The summed E-state index contributed by atoms with van der Waals surface area (Å²) in [5.74, 6) is 0.872. The van der Waals surface area contributed by atoms with E-state index in [1.807, 2.05) is 11.8 Å². The van der Waals surface area contributed by atoms with Crippen molar-refractivity contribution in [1.82, 2.24) is 24.5 Å². The van der Waals surface area contributed by atoms with Crippen LogP contribution < -0.4 is 0 Å². The smallest absolute Gasteiger partial charge is 0.257 e. The minimum atomic E-state index is -0.0139. The molecule has 21 heavy (non-hydrogen) atoms. The first-order chi connectivity index (χ1) is 10.2. The largest absolute Gasteiger partial charge is 0.396 e. The highest BCUT2D eigenvalue weighted by molar-refractivity contribution is 5.95. The van der Waals surface area contributed by atoms with Gasteiger partial charge in [-0.2, -0.15) is 10.1 Å². The molecule has 1 saturated heterocycles. The van der Waals surface area contributed by atoms with Crippen molar-refractivity contribution >= 4 is 11.7 Å². The van der Waals surface area contributed by atoms with E-state index in [-0.39, 0.29) is 12.5 Å². The number of aliphatic hydroxyl groups is 1. The lowest BCUT2D eigenvalue weighted by Crippen LogP contribution is -2.40. The van der Waals surface area contributed by atoms with E-state index in [0.717, 1.165) is 31.5 Å². The average Bonchev–Trinajstić information content (AvgIpc) is 2.97. The third-order valence-corrected chi connectivity index (χ3v) is 4.12. The molecule has 1 unspecified atom stereocenters. The summed E-state index contributed by atoms with van der Waals surface area (Å²) in [5.41, 5.74) is 1.32. The zero-order valence-electron chi connectivity index (χ0n) is 12.1. The second-order valence-corrected chi connectivity index (χ2v) is 5.50. The van der Waals surface area contributed by atoms with Crippen molar-refractivity contribution < 1.29 is 9.90 Å². The van der Waals surface area contributed by atoms with E-state index in [2.05, 4.69) is 15.1 Å². The van der Waals surface area contributed by atoms with Crippen LogP contribution >= 0.6 is 0 Å². The van der Waals surface area contributed by atoms with E-state index >= 15 is 0 Å². The molecule has 2 aromatic heterocycles. The molecular weight excluding hydrogens is 270 g/mol. The van der Waals surface area contributed by atoms with E-state index in [1.165, 1.54) is 6.33 Å². The van der Waals surface area contributed by atoms with Crippen molar-refractivity contribution in [3.8, 4) is 0 Å². The van der Waals surface area contributed by atoms with E-state index < -0.39 is 0 Å². The van der Waals surface area contributed by atoms with Gasteiger partial charge in [0.25, 0.3) is 11.7 Å². The molecule has 0 bridgehead atoms. The van der Waals surface area contributed by atoms with Crippen molar-refractivity contribution in [2.75, 3.05) is 19.7 Å². The Kier molecular flexibility index (Phi) is 3.83. The Balaban J connectivity index is 1.84. The summed E-state index contributed by atoms with van der Waals surface area (Å²) >= 11 is 0. The lowest BCUT2D eigenvalue weighted by atomic mass is 9.94. The lowest BCUT2D eigenvalue weighted by molar-refractivity contribution is 0.0651. The minimum absolute atomic E-state index is 0.0139. The molecule has 0 aromatic carbocycles. The molecule has 1 aliphatic heterocycles. The average molecular weight is 289 g/mol. The van der Waals surface area contributed by atoms with Crippen LogP contribution in [-0.4, -0.2) is 55.2 Å². The molecular formula is C14H19N5O2. The van der Waals surface area contributed by atoms with Crippen LogP contribution in [0.5, 0.6) is 0 Å². The van der Waals surface area contributed by atoms with Crippen LogP contribution in [0.2, 0.25) is 0 Å². The molecule has 7 heteroatoms. The number of likely N-dealkylation sites (tertiary alicyclic amines) is 1. The first-order valence-corrected chi connectivity index (χ1v) is 7.26. The first kappa shape index (κ1) is 13.9. The molecule has 3 heterocycles. The number of aliphatic hydroxyl groups excluding tert-OH is 1. The number of carbonyl (C=O) groups excluding carboxylic acids is 1. The molecule has 1 aliphatic rings. The van der Waals surface area contributed by atoms with Gasteiger partial charge in [-0.15, -0.1) is 0 Å². The summed E-state index contributed by atoms with van der Waals surface area (Å²) in [6.45, 7) is 3.49. The molecule has 0 spiro atoms. The number of hydrogen-bond acceptors (Lipinski definition) is 5. The number of aromatic nitrogens is 4. The number of aryl methyl sites for hydroxylation is 1. The molecule has 1 fully saturated rings. The number of amides is 1. The summed E-state index contributed by atoms with van der Waals surface area (Å²) in [6, 6.07) is 0. The van der Waals surface area contributed by atoms with Gasteiger partial charge in [0.05, 0.1) is 11.3 Å². The summed E-state index contributed by atoms with van der Waals surface area (Å²) in [7, 11) is 0. The van der Waals surface area contributed by atoms with E-state index in [9.17, 15) is 4.79 Å². The van der Waals surface area contributed by atoms with E-state index in [0.29, 0.717) is 23.8 Å². The molecule has 1 atom stereocenters. The second kappa shape index (κ2) is 5.77. The van der Waals surface area contributed by atoms with Crippen molar-refractivity contribution in [1.29, 1.82) is 0 Å². The van der Waals surface area contributed by atoms with Crippen LogP contribution in [0.15, 0.2) is 12.5 Å². The predicted molar refractivity (Wildman–Crippen MR) is 75.8 cm³/mol. The maximum Gasteiger partial charge on any atom is 0.257 e. The topological polar surface area (TPSA) is 83.6 Å². The van der Waals surface area contributed by atoms with Gasteiger partial charge in [0, 0.05) is 25.9 Å². The fraction of sp³-hybridized carbons (Fsp3) is 0.571. The molecule has 1 amide bonds. The summed E-state index contributed by atoms with van der Waals surface area (Å²) in [5, 5.41) is 13.2. The molecule has 2 aromatic rings. The maximum absolute atomic E-state index is 12.7. The number of piperidine rings is 1. The van der Waals surface area contributed by atoms with Crippen LogP contribution in [0, 0.1) is 12.8 Å². The third-order valence-electron chi connectivity index (χ3n) is 4.12. The fourth-order valence-electron chi connectivity index (χ4n) is 2.94. The van der Waals surface area contributed by atoms with Crippen LogP contribution in [-0.2, 0) is 0 Å². The Labute approximate surface area is 122 Å².